The third kappa shape index (κ3) is 3.91. The van der Waals surface area contributed by atoms with Crippen molar-refractivity contribution >= 4 is 23.2 Å². The summed E-state index contributed by atoms with van der Waals surface area (Å²) in [6.07, 6.45) is 0.393. The summed E-state index contributed by atoms with van der Waals surface area (Å²) in [7, 11) is 1.61. The van der Waals surface area contributed by atoms with Crippen LogP contribution in [0.5, 0.6) is 11.5 Å². The predicted octanol–water partition coefficient (Wildman–Crippen LogP) is 2.99. The van der Waals surface area contributed by atoms with Crippen molar-refractivity contribution in [2.75, 3.05) is 17.7 Å². The molecule has 0 bridgehead atoms. The molecule has 0 aliphatic carbocycles. The highest BCUT2D eigenvalue weighted by molar-refractivity contribution is 5.99. The maximum Gasteiger partial charge on any atom is 0.265 e. The molecule has 1 atom stereocenters. The summed E-state index contributed by atoms with van der Waals surface area (Å²) in [6, 6.07) is 12.8. The van der Waals surface area contributed by atoms with Gasteiger partial charge in [0.15, 0.2) is 6.10 Å². The van der Waals surface area contributed by atoms with Gasteiger partial charge in [-0.3, -0.25) is 9.59 Å². The van der Waals surface area contributed by atoms with Crippen LogP contribution in [0.15, 0.2) is 42.5 Å². The fourth-order valence-corrected chi connectivity index (χ4v) is 2.67. The number of methoxy groups -OCH3 is 1. The molecule has 2 aromatic carbocycles. The van der Waals surface area contributed by atoms with Crippen molar-refractivity contribution in [2.24, 2.45) is 0 Å². The molecule has 0 aromatic heterocycles. The van der Waals surface area contributed by atoms with Gasteiger partial charge in [-0.25, -0.2) is 0 Å². The molecule has 0 fully saturated rings. The van der Waals surface area contributed by atoms with Crippen molar-refractivity contribution in [3.8, 4) is 11.5 Å². The third-order valence-corrected chi connectivity index (χ3v) is 4.01. The molecule has 0 spiro atoms. The molecule has 0 saturated heterocycles. The molecule has 6 nitrogen and oxygen atoms in total. The number of amides is 2. The van der Waals surface area contributed by atoms with E-state index in [0.29, 0.717) is 30.0 Å². The van der Waals surface area contributed by atoms with E-state index >= 15 is 0 Å². The maximum atomic E-state index is 12.2. The van der Waals surface area contributed by atoms with E-state index in [1.807, 2.05) is 24.3 Å². The van der Waals surface area contributed by atoms with Crippen LogP contribution in [-0.2, 0) is 16.0 Å². The Morgan fingerprint density at radius 3 is 2.88 bits per heavy atom. The van der Waals surface area contributed by atoms with Crippen molar-refractivity contribution in [1.29, 1.82) is 0 Å². The van der Waals surface area contributed by atoms with Crippen molar-refractivity contribution < 1.29 is 19.1 Å². The smallest absolute Gasteiger partial charge is 0.265 e. The van der Waals surface area contributed by atoms with Crippen molar-refractivity contribution in [3.63, 3.8) is 0 Å². The van der Waals surface area contributed by atoms with E-state index in [-0.39, 0.29) is 11.8 Å². The molecule has 0 radical (unpaired) electrons. The van der Waals surface area contributed by atoms with Gasteiger partial charge in [-0.05, 0) is 43.2 Å². The van der Waals surface area contributed by atoms with Gasteiger partial charge in [0.2, 0.25) is 5.91 Å². The first kappa shape index (κ1) is 16.8. The first-order chi connectivity index (χ1) is 12.1. The second kappa shape index (κ2) is 7.25. The van der Waals surface area contributed by atoms with Crippen LogP contribution in [0.4, 0.5) is 11.4 Å². The average molecular weight is 340 g/mol. The number of aryl methyl sites for hydroxylation is 1. The van der Waals surface area contributed by atoms with Crippen molar-refractivity contribution in [1.82, 2.24) is 0 Å². The Morgan fingerprint density at radius 2 is 2.08 bits per heavy atom. The van der Waals surface area contributed by atoms with Gasteiger partial charge in [0.05, 0.1) is 12.8 Å². The number of para-hydroxylation sites is 1. The maximum absolute atomic E-state index is 12.2. The summed E-state index contributed by atoms with van der Waals surface area (Å²) < 4.78 is 10.8. The van der Waals surface area contributed by atoms with Crippen LogP contribution in [0.3, 0.4) is 0 Å². The van der Waals surface area contributed by atoms with Gasteiger partial charge in [0.1, 0.15) is 11.5 Å². The topological polar surface area (TPSA) is 76.7 Å². The fraction of sp³-hybridized carbons (Fsp3) is 0.263. The quantitative estimate of drug-likeness (QED) is 0.877. The standard InChI is InChI=1S/C19H20N2O4/c1-12-19(23)21-15-11-14(8-9-17(15)25-12)20-18(22)10-7-13-5-3-4-6-16(13)24-2/h3-6,8-9,11-12H,7,10H2,1-2H3,(H,20,22)(H,21,23)/t12-/m1/s1. The lowest BCUT2D eigenvalue weighted by atomic mass is 10.1. The van der Waals surface area contributed by atoms with Crippen LogP contribution in [-0.4, -0.2) is 25.0 Å². The minimum atomic E-state index is -0.520. The zero-order valence-corrected chi connectivity index (χ0v) is 14.2. The third-order valence-electron chi connectivity index (χ3n) is 4.01. The van der Waals surface area contributed by atoms with Crippen LogP contribution >= 0.6 is 0 Å². The predicted molar refractivity (Wildman–Crippen MR) is 95.1 cm³/mol. The summed E-state index contributed by atoms with van der Waals surface area (Å²) in [5.41, 5.74) is 2.16. The molecule has 0 saturated carbocycles. The number of nitrogens with one attached hydrogen (secondary N) is 2. The molecule has 2 aromatic rings. The van der Waals surface area contributed by atoms with Gasteiger partial charge in [-0.1, -0.05) is 18.2 Å². The number of carbonyl (C=O) groups is 2. The van der Waals surface area contributed by atoms with E-state index in [0.717, 1.165) is 11.3 Å². The Bertz CT molecular complexity index is 804. The summed E-state index contributed by atoms with van der Waals surface area (Å²) in [4.78, 5) is 23.9. The molecular weight excluding hydrogens is 320 g/mol. The Balaban J connectivity index is 1.62. The average Bonchev–Trinajstić information content (AvgIpc) is 2.61. The number of anilines is 2. The normalized spacial score (nSPS) is 15.6. The van der Waals surface area contributed by atoms with Gasteiger partial charge in [0, 0.05) is 12.1 Å². The highest BCUT2D eigenvalue weighted by atomic mass is 16.5. The lowest BCUT2D eigenvalue weighted by Crippen LogP contribution is -2.34. The number of fused-ring (bicyclic) bond motifs is 1. The Kier molecular flexibility index (Phi) is 4.88. The van der Waals surface area contributed by atoms with Crippen LogP contribution < -0.4 is 20.1 Å². The van der Waals surface area contributed by atoms with E-state index in [4.69, 9.17) is 9.47 Å². The Hall–Kier alpha value is -3.02. The lowest BCUT2D eigenvalue weighted by molar-refractivity contribution is -0.122. The first-order valence-electron chi connectivity index (χ1n) is 8.10. The van der Waals surface area contributed by atoms with Crippen molar-refractivity contribution in [3.05, 3.63) is 48.0 Å². The zero-order chi connectivity index (χ0) is 17.8. The van der Waals surface area contributed by atoms with Crippen molar-refractivity contribution in [2.45, 2.75) is 25.9 Å². The molecule has 25 heavy (non-hydrogen) atoms. The summed E-state index contributed by atoms with van der Waals surface area (Å²) in [5, 5.41) is 5.60. The summed E-state index contributed by atoms with van der Waals surface area (Å²) in [6.45, 7) is 1.69. The molecule has 0 unspecified atom stereocenters. The van der Waals surface area contributed by atoms with Gasteiger partial charge < -0.3 is 20.1 Å². The zero-order valence-electron chi connectivity index (χ0n) is 14.2. The monoisotopic (exact) mass is 340 g/mol. The number of ether oxygens (including phenoxy) is 2. The molecule has 2 N–H and O–H groups in total. The SMILES string of the molecule is COc1ccccc1CCC(=O)Nc1ccc2c(c1)NC(=O)[C@@H](C)O2. The molecule has 130 valence electrons. The van der Waals surface area contributed by atoms with E-state index in [1.165, 1.54) is 0 Å². The summed E-state index contributed by atoms with van der Waals surface area (Å²) >= 11 is 0. The van der Waals surface area contributed by atoms with E-state index < -0.39 is 6.10 Å². The van der Waals surface area contributed by atoms with Crippen LogP contribution in [0.2, 0.25) is 0 Å². The van der Waals surface area contributed by atoms with E-state index in [2.05, 4.69) is 10.6 Å². The molecule has 3 rings (SSSR count). The molecule has 1 aliphatic heterocycles. The van der Waals surface area contributed by atoms with Gasteiger partial charge in [0.25, 0.3) is 5.91 Å². The number of hydrogen-bond acceptors (Lipinski definition) is 4. The van der Waals surface area contributed by atoms with Crippen LogP contribution in [0.1, 0.15) is 18.9 Å². The molecule has 6 heteroatoms. The van der Waals surface area contributed by atoms with Gasteiger partial charge in [-0.2, -0.15) is 0 Å². The number of rotatable bonds is 5. The Labute approximate surface area is 146 Å². The van der Waals surface area contributed by atoms with E-state index in [1.54, 1.807) is 32.2 Å². The lowest BCUT2D eigenvalue weighted by Gasteiger charge is -2.23. The van der Waals surface area contributed by atoms with Gasteiger partial charge >= 0.3 is 0 Å². The first-order valence-corrected chi connectivity index (χ1v) is 8.10. The number of hydrogen-bond donors (Lipinski definition) is 2. The largest absolute Gasteiger partial charge is 0.496 e. The second-order valence-electron chi connectivity index (χ2n) is 5.82. The molecule has 1 heterocycles. The minimum absolute atomic E-state index is 0.109. The van der Waals surface area contributed by atoms with Crippen LogP contribution in [0.25, 0.3) is 0 Å². The number of benzene rings is 2. The molecule has 2 amide bonds. The highest BCUT2D eigenvalue weighted by Crippen LogP contribution is 2.32. The summed E-state index contributed by atoms with van der Waals surface area (Å²) in [5.74, 6) is 1.06. The second-order valence-corrected chi connectivity index (χ2v) is 5.82. The minimum Gasteiger partial charge on any atom is -0.496 e. The fourth-order valence-electron chi connectivity index (χ4n) is 2.67. The molecular formula is C19H20N2O4. The van der Waals surface area contributed by atoms with Crippen LogP contribution in [0, 0.1) is 0 Å². The Morgan fingerprint density at radius 1 is 1.28 bits per heavy atom. The highest BCUT2D eigenvalue weighted by Gasteiger charge is 2.23. The number of carbonyl (C=O) groups excluding carboxylic acids is 2. The molecule has 1 aliphatic rings. The van der Waals surface area contributed by atoms with Gasteiger partial charge in [-0.15, -0.1) is 0 Å². The van der Waals surface area contributed by atoms with E-state index in [9.17, 15) is 9.59 Å².